The Kier molecular flexibility index (Phi) is 4.38. The van der Waals surface area contributed by atoms with Crippen molar-refractivity contribution in [2.45, 2.75) is 23.8 Å². The molecule has 11 nitrogen and oxygen atoms in total. The minimum atomic E-state index is -3.44. The van der Waals surface area contributed by atoms with Gasteiger partial charge in [0.2, 0.25) is 11.5 Å². The summed E-state index contributed by atoms with van der Waals surface area (Å²) in [6, 6.07) is 0. The van der Waals surface area contributed by atoms with E-state index in [1.165, 1.54) is 4.98 Å². The van der Waals surface area contributed by atoms with Crippen molar-refractivity contribution in [2.75, 3.05) is 13.4 Å². The molecule has 1 fully saturated rings. The van der Waals surface area contributed by atoms with Gasteiger partial charge in [-0.25, -0.2) is 13.8 Å². The molecule has 6 N–H and O–H groups in total. The van der Waals surface area contributed by atoms with E-state index in [0.29, 0.717) is 0 Å². The first-order valence-electron chi connectivity index (χ1n) is 6.09. The summed E-state index contributed by atoms with van der Waals surface area (Å²) in [5, 5.41) is 48.5. The highest BCUT2D eigenvalue weighted by Gasteiger charge is 2.70. The summed E-state index contributed by atoms with van der Waals surface area (Å²) in [7, 11) is 0. The van der Waals surface area contributed by atoms with Crippen molar-refractivity contribution < 1.29 is 39.2 Å². The lowest BCUT2D eigenvalue weighted by Crippen LogP contribution is -2.68. The van der Waals surface area contributed by atoms with Crippen LogP contribution in [-0.2, 0) is 10.6 Å². The molecule has 0 unspecified atom stereocenters. The molecule has 130 valence electrons. The van der Waals surface area contributed by atoms with Crippen LogP contribution in [0.25, 0.3) is 0 Å². The zero-order chi connectivity index (χ0) is 17.6. The molecular weight excluding hydrogens is 328 g/mol. The summed E-state index contributed by atoms with van der Waals surface area (Å²) >= 11 is 0. The molecule has 1 aromatic heterocycles. The molecule has 1 aliphatic heterocycles. The Balaban J connectivity index is 2.73. The topological polar surface area (TPSA) is 168 Å². The minimum absolute atomic E-state index is 0.110. The largest absolute Gasteiger partial charge is 0.394 e. The molecule has 0 amide bonds. The number of ether oxygens (including phenoxy) is 1. The van der Waals surface area contributed by atoms with E-state index in [0.717, 1.165) is 0 Å². The van der Waals surface area contributed by atoms with Gasteiger partial charge in [-0.1, -0.05) is 0 Å². The highest BCUT2D eigenvalue weighted by atomic mass is 19.1. The van der Waals surface area contributed by atoms with Crippen LogP contribution in [0.3, 0.4) is 0 Å². The predicted molar refractivity (Wildman–Crippen MR) is 64.0 cm³/mol. The number of hydrogen-bond acceptors (Lipinski definition) is 9. The molecule has 4 atom stereocenters. The van der Waals surface area contributed by atoms with Crippen molar-refractivity contribution in [3.63, 3.8) is 0 Å². The van der Waals surface area contributed by atoms with Crippen LogP contribution < -0.4 is 11.2 Å². The van der Waals surface area contributed by atoms with E-state index in [-0.39, 0.29) is 10.8 Å². The summed E-state index contributed by atoms with van der Waals surface area (Å²) in [5.41, 5.74) is -6.37. The smallest absolute Gasteiger partial charge is 0.332 e. The molecule has 2 rings (SSSR count). The van der Waals surface area contributed by atoms with E-state index in [4.69, 9.17) is 9.84 Å². The van der Waals surface area contributed by atoms with E-state index in [1.54, 1.807) is 0 Å². The lowest BCUT2D eigenvalue weighted by atomic mass is 10.0. The average molecular weight is 341 g/mol. The first kappa shape index (κ1) is 17.6. The number of nitrogens with zero attached hydrogens (tertiary/aromatic N) is 2. The van der Waals surface area contributed by atoms with Crippen LogP contribution in [0.5, 0.6) is 0 Å². The molecule has 1 aromatic rings. The standard InChI is InChI=1S/C10H13F2N3O8/c11-3-15(22)9(20)6(17)5(2-16)23-10(9,21)14-1-4(12)7(18)13-8(14)19/h1,5-6,16-17,20-22H,2-3H2,(H,13,18,19)/t5-,6-,9-,10+/m1/s1. The van der Waals surface area contributed by atoms with Crippen molar-refractivity contribution in [1.82, 2.24) is 14.6 Å². The van der Waals surface area contributed by atoms with Gasteiger partial charge in [0.05, 0.1) is 12.8 Å². The molecule has 0 aromatic carbocycles. The van der Waals surface area contributed by atoms with Gasteiger partial charge in [-0.05, 0) is 0 Å². The van der Waals surface area contributed by atoms with Crippen molar-refractivity contribution in [1.29, 1.82) is 0 Å². The predicted octanol–water partition coefficient (Wildman–Crippen LogP) is -3.66. The molecule has 1 aliphatic rings. The highest BCUT2D eigenvalue weighted by molar-refractivity contribution is 5.05. The first-order chi connectivity index (χ1) is 10.6. The van der Waals surface area contributed by atoms with Crippen LogP contribution in [0.4, 0.5) is 8.78 Å². The molecule has 0 radical (unpaired) electrons. The third kappa shape index (κ3) is 2.29. The molecular formula is C10H13F2N3O8. The quantitative estimate of drug-likeness (QED) is 0.184. The van der Waals surface area contributed by atoms with Crippen molar-refractivity contribution in [3.8, 4) is 0 Å². The number of aliphatic hydroxyl groups is 4. The second-order valence-electron chi connectivity index (χ2n) is 4.74. The van der Waals surface area contributed by atoms with E-state index in [2.05, 4.69) is 0 Å². The SMILES string of the molecule is O=c1[nH]c(=O)n([C@@]2(O)O[C@H](CO)[C@@H](O)[C@]2(O)N(O)CF)cc1F. The first-order valence-corrected chi connectivity index (χ1v) is 6.09. The number of H-pyrrole nitrogens is 1. The molecule has 0 aliphatic carbocycles. The number of hydrogen-bond donors (Lipinski definition) is 6. The van der Waals surface area contributed by atoms with Crippen LogP contribution in [0.15, 0.2) is 15.8 Å². The summed E-state index contributed by atoms with van der Waals surface area (Å²) in [6.45, 7) is -2.87. The summed E-state index contributed by atoms with van der Waals surface area (Å²) in [5.74, 6) is -5.03. The Labute approximate surface area is 125 Å². The number of rotatable bonds is 4. The van der Waals surface area contributed by atoms with Gasteiger partial charge >= 0.3 is 11.6 Å². The zero-order valence-electron chi connectivity index (χ0n) is 11.3. The Morgan fingerprint density at radius 3 is 2.57 bits per heavy atom. The van der Waals surface area contributed by atoms with Gasteiger partial charge in [-0.3, -0.25) is 9.78 Å². The molecule has 0 bridgehead atoms. The number of nitrogens with one attached hydrogen (secondary N) is 1. The summed E-state index contributed by atoms with van der Waals surface area (Å²) in [4.78, 5) is 24.2. The van der Waals surface area contributed by atoms with Crippen LogP contribution in [0, 0.1) is 5.82 Å². The van der Waals surface area contributed by atoms with Gasteiger partial charge in [0.25, 0.3) is 5.56 Å². The van der Waals surface area contributed by atoms with E-state index in [9.17, 15) is 38.9 Å². The fraction of sp³-hybridized carbons (Fsp3) is 0.600. The van der Waals surface area contributed by atoms with Gasteiger partial charge in [-0.15, -0.1) is 5.06 Å². The normalized spacial score (nSPS) is 34.3. The van der Waals surface area contributed by atoms with Crippen molar-refractivity contribution in [2.24, 2.45) is 0 Å². The van der Waals surface area contributed by atoms with Crippen molar-refractivity contribution >= 4 is 0 Å². The molecule has 23 heavy (non-hydrogen) atoms. The maximum Gasteiger partial charge on any atom is 0.332 e. The number of hydroxylamine groups is 2. The van der Waals surface area contributed by atoms with E-state index in [1.807, 2.05) is 0 Å². The third-order valence-corrected chi connectivity index (χ3v) is 3.47. The average Bonchev–Trinajstić information content (AvgIpc) is 2.72. The third-order valence-electron chi connectivity index (χ3n) is 3.47. The number of aromatic nitrogens is 2. The second-order valence-corrected chi connectivity index (χ2v) is 4.74. The van der Waals surface area contributed by atoms with Gasteiger partial charge in [0.15, 0.2) is 6.80 Å². The molecule has 13 heteroatoms. The maximum absolute atomic E-state index is 13.4. The van der Waals surface area contributed by atoms with E-state index >= 15 is 0 Å². The molecule has 0 saturated carbocycles. The van der Waals surface area contributed by atoms with Crippen LogP contribution in [-0.4, -0.2) is 71.6 Å². The zero-order valence-corrected chi connectivity index (χ0v) is 11.3. The lowest BCUT2D eigenvalue weighted by Gasteiger charge is -2.40. The highest BCUT2D eigenvalue weighted by Crippen LogP contribution is 2.42. The van der Waals surface area contributed by atoms with Crippen molar-refractivity contribution in [3.05, 3.63) is 32.9 Å². The maximum atomic E-state index is 13.4. The Hall–Kier alpha value is -1.74. The summed E-state index contributed by atoms with van der Waals surface area (Å²) in [6.07, 6.45) is -3.99. The number of aromatic amines is 1. The second kappa shape index (κ2) is 5.72. The summed E-state index contributed by atoms with van der Waals surface area (Å²) < 4.78 is 30.7. The number of halogens is 2. The number of aliphatic hydroxyl groups excluding tert-OH is 2. The van der Waals surface area contributed by atoms with Gasteiger partial charge in [0.1, 0.15) is 12.2 Å². The minimum Gasteiger partial charge on any atom is -0.394 e. The van der Waals surface area contributed by atoms with Crippen LogP contribution in [0.2, 0.25) is 0 Å². The van der Waals surface area contributed by atoms with Gasteiger partial charge in [-0.2, -0.15) is 4.39 Å². The molecule has 1 saturated heterocycles. The monoisotopic (exact) mass is 341 g/mol. The Bertz CT molecular complexity index is 710. The number of alkyl halides is 1. The molecule has 0 spiro atoms. The van der Waals surface area contributed by atoms with Gasteiger partial charge in [0, 0.05) is 0 Å². The van der Waals surface area contributed by atoms with Gasteiger partial charge < -0.3 is 30.4 Å². The molecule has 2 heterocycles. The van der Waals surface area contributed by atoms with Crippen LogP contribution in [0.1, 0.15) is 0 Å². The Morgan fingerprint density at radius 1 is 1.43 bits per heavy atom. The lowest BCUT2D eigenvalue weighted by molar-refractivity contribution is -0.416. The van der Waals surface area contributed by atoms with E-state index < -0.39 is 59.4 Å². The Morgan fingerprint density at radius 2 is 2.04 bits per heavy atom. The van der Waals surface area contributed by atoms with Crippen LogP contribution >= 0.6 is 0 Å². The fourth-order valence-corrected chi connectivity index (χ4v) is 2.27. The fourth-order valence-electron chi connectivity index (χ4n) is 2.27.